The molecule has 0 N–H and O–H groups in total. The zero-order chi connectivity index (χ0) is 27.6. The molecule has 218 valence electrons. The van der Waals surface area contributed by atoms with Crippen LogP contribution in [0.3, 0.4) is 0 Å². The van der Waals surface area contributed by atoms with Crippen molar-refractivity contribution < 1.29 is 0 Å². The van der Waals surface area contributed by atoms with Crippen molar-refractivity contribution >= 4 is 86.4 Å². The molecule has 2 heterocycles. The van der Waals surface area contributed by atoms with E-state index >= 15 is 0 Å². The van der Waals surface area contributed by atoms with Gasteiger partial charge < -0.3 is 0 Å². The molecule has 0 spiro atoms. The van der Waals surface area contributed by atoms with Crippen LogP contribution in [-0.2, 0) is 12.8 Å². The summed E-state index contributed by atoms with van der Waals surface area (Å²) >= 11 is 19.5. The third-order valence-corrected chi connectivity index (χ3v) is 14.0. The van der Waals surface area contributed by atoms with Crippen molar-refractivity contribution in [1.29, 1.82) is 0 Å². The minimum atomic E-state index is 1.16. The highest BCUT2D eigenvalue weighted by atomic mass is 79.9. The molecule has 0 atom stereocenters. The summed E-state index contributed by atoms with van der Waals surface area (Å²) in [5.41, 5.74) is 2.91. The van der Waals surface area contributed by atoms with Crippen LogP contribution in [0.25, 0.3) is 9.75 Å². The van der Waals surface area contributed by atoms with Crippen molar-refractivity contribution in [3.63, 3.8) is 0 Å². The lowest BCUT2D eigenvalue weighted by molar-refractivity contribution is 0.556. The molecule has 0 fully saturated rings. The molecular formula is C32H50Br4S2. The molecule has 2 aromatic heterocycles. The molecule has 0 aliphatic rings. The summed E-state index contributed by atoms with van der Waals surface area (Å²) in [6.07, 6.45) is 30.0. The van der Waals surface area contributed by atoms with E-state index in [1.165, 1.54) is 166 Å². The Hall–Kier alpha value is 1.32. The third-order valence-electron chi connectivity index (χ3n) is 7.55. The monoisotopic (exact) mass is 814 g/mol. The molecule has 0 aromatic carbocycles. The van der Waals surface area contributed by atoms with E-state index in [0.717, 1.165) is 12.8 Å². The van der Waals surface area contributed by atoms with Gasteiger partial charge in [-0.25, -0.2) is 0 Å². The number of thiophene rings is 2. The van der Waals surface area contributed by atoms with E-state index in [2.05, 4.69) is 77.6 Å². The van der Waals surface area contributed by atoms with Gasteiger partial charge in [-0.05, 0) is 101 Å². The molecular weight excluding hydrogens is 768 g/mol. The number of unbranched alkanes of at least 4 members (excludes halogenated alkanes) is 18. The first kappa shape index (κ1) is 35.5. The topological polar surface area (TPSA) is 0 Å². The van der Waals surface area contributed by atoms with Crippen molar-refractivity contribution in [3.05, 3.63) is 27.6 Å². The number of hydrogen-bond donors (Lipinski definition) is 0. The Balaban J connectivity index is 1.75. The largest absolute Gasteiger partial charge is 0.126 e. The molecule has 0 bridgehead atoms. The van der Waals surface area contributed by atoms with E-state index in [9.17, 15) is 0 Å². The lowest BCUT2D eigenvalue weighted by Gasteiger charge is -2.04. The van der Waals surface area contributed by atoms with Crippen molar-refractivity contribution in [1.82, 2.24) is 0 Å². The summed E-state index contributed by atoms with van der Waals surface area (Å²) in [4.78, 5) is 2.73. The Bertz CT molecular complexity index is 814. The van der Waals surface area contributed by atoms with Crippen molar-refractivity contribution in [3.8, 4) is 9.75 Å². The van der Waals surface area contributed by atoms with E-state index in [1.807, 2.05) is 22.7 Å². The molecule has 0 saturated heterocycles. The second-order valence-corrected chi connectivity index (χ2v) is 17.1. The fourth-order valence-electron chi connectivity index (χ4n) is 5.13. The summed E-state index contributed by atoms with van der Waals surface area (Å²) in [6, 6.07) is 0. The normalized spacial score (nSPS) is 11.6. The van der Waals surface area contributed by atoms with Gasteiger partial charge in [-0.1, -0.05) is 129 Å². The average molecular weight is 819 g/mol. The molecule has 38 heavy (non-hydrogen) atoms. The van der Waals surface area contributed by atoms with Gasteiger partial charge in [0.05, 0.1) is 17.3 Å². The Morgan fingerprint density at radius 3 is 0.947 bits per heavy atom. The van der Waals surface area contributed by atoms with E-state index < -0.39 is 0 Å². The van der Waals surface area contributed by atoms with Gasteiger partial charge in [0.1, 0.15) is 0 Å². The maximum absolute atomic E-state index is 3.99. The van der Waals surface area contributed by atoms with Gasteiger partial charge in [0, 0.05) is 8.95 Å². The first-order valence-corrected chi connectivity index (χ1v) is 20.2. The van der Waals surface area contributed by atoms with Crippen LogP contribution >= 0.6 is 86.4 Å². The van der Waals surface area contributed by atoms with Crippen molar-refractivity contribution in [2.75, 3.05) is 0 Å². The lowest BCUT2D eigenvalue weighted by Crippen LogP contribution is -1.88. The molecule has 2 aromatic rings. The SMILES string of the molecule is CCCCCCCCCCCCc1c(Br)sc(-c2sc(Br)c(CCCCCCCCCCCC)c2Br)c1Br. The predicted molar refractivity (Wildman–Crippen MR) is 190 cm³/mol. The second-order valence-electron chi connectivity index (χ2n) is 10.9. The van der Waals surface area contributed by atoms with Crippen molar-refractivity contribution in [2.24, 2.45) is 0 Å². The standard InChI is InChI=1S/C32H50Br4S2/c1-3-5-7-9-11-13-15-17-19-21-23-25-27(33)29(37-31(25)35)30-28(34)26(32(36)38-30)24-22-20-18-16-14-12-10-8-6-4-2/h3-24H2,1-2H3. The van der Waals surface area contributed by atoms with Crippen LogP contribution in [0.5, 0.6) is 0 Å². The molecule has 0 aliphatic carbocycles. The van der Waals surface area contributed by atoms with Crippen LogP contribution in [0.15, 0.2) is 16.5 Å². The van der Waals surface area contributed by atoms with E-state index in [-0.39, 0.29) is 0 Å². The van der Waals surface area contributed by atoms with Crippen LogP contribution in [-0.4, -0.2) is 0 Å². The van der Waals surface area contributed by atoms with Gasteiger partial charge in [-0.3, -0.25) is 0 Å². The molecule has 0 unspecified atom stereocenters. The molecule has 6 heteroatoms. The highest BCUT2D eigenvalue weighted by molar-refractivity contribution is 9.12. The van der Waals surface area contributed by atoms with E-state index in [1.54, 1.807) is 0 Å². The number of hydrogen-bond acceptors (Lipinski definition) is 2. The highest BCUT2D eigenvalue weighted by Crippen LogP contribution is 2.51. The first-order chi connectivity index (χ1) is 18.5. The van der Waals surface area contributed by atoms with Crippen molar-refractivity contribution in [2.45, 2.75) is 155 Å². The molecule has 0 nitrogen and oxygen atoms in total. The van der Waals surface area contributed by atoms with E-state index in [0.29, 0.717) is 0 Å². The van der Waals surface area contributed by atoms with E-state index in [4.69, 9.17) is 0 Å². The van der Waals surface area contributed by atoms with Gasteiger partial charge in [-0.15, -0.1) is 22.7 Å². The first-order valence-electron chi connectivity index (χ1n) is 15.4. The fraction of sp³-hybridized carbons (Fsp3) is 0.750. The fourth-order valence-corrected chi connectivity index (χ4v) is 11.7. The predicted octanol–water partition coefficient (Wildman–Crippen LogP) is 15.5. The summed E-state index contributed by atoms with van der Waals surface area (Å²) in [7, 11) is 0. The molecule has 2 rings (SSSR count). The summed E-state index contributed by atoms with van der Waals surface area (Å²) in [5.74, 6) is 0. The minimum Gasteiger partial charge on any atom is -0.126 e. The number of rotatable bonds is 23. The van der Waals surface area contributed by atoms with Crippen LogP contribution in [0, 0.1) is 0 Å². The maximum Gasteiger partial charge on any atom is 0.0749 e. The summed E-state index contributed by atoms with van der Waals surface area (Å²) in [6.45, 7) is 4.59. The quantitative estimate of drug-likeness (QED) is 0.0980. The number of halogens is 4. The van der Waals surface area contributed by atoms with Gasteiger partial charge >= 0.3 is 0 Å². The van der Waals surface area contributed by atoms with Crippen LogP contribution in [0.4, 0.5) is 0 Å². The zero-order valence-electron chi connectivity index (χ0n) is 23.9. The third kappa shape index (κ3) is 13.1. The molecule has 0 saturated carbocycles. The highest BCUT2D eigenvalue weighted by Gasteiger charge is 2.22. The average Bonchev–Trinajstić information content (AvgIpc) is 3.34. The smallest absolute Gasteiger partial charge is 0.0749 e. The Kier molecular flexibility index (Phi) is 20.5. The lowest BCUT2D eigenvalue weighted by atomic mass is 10.0. The van der Waals surface area contributed by atoms with Gasteiger partial charge in [0.15, 0.2) is 0 Å². The molecule has 0 amide bonds. The minimum absolute atomic E-state index is 1.16. The maximum atomic E-state index is 3.99. The van der Waals surface area contributed by atoms with Crippen LogP contribution < -0.4 is 0 Å². The zero-order valence-corrected chi connectivity index (χ0v) is 31.9. The Morgan fingerprint density at radius 1 is 0.395 bits per heavy atom. The summed E-state index contributed by atoms with van der Waals surface area (Å²) in [5, 5.41) is 0. The van der Waals surface area contributed by atoms with Gasteiger partial charge in [0.25, 0.3) is 0 Å². The van der Waals surface area contributed by atoms with Gasteiger partial charge in [-0.2, -0.15) is 0 Å². The van der Waals surface area contributed by atoms with Crippen LogP contribution in [0.2, 0.25) is 0 Å². The Morgan fingerprint density at radius 2 is 0.658 bits per heavy atom. The summed E-state index contributed by atoms with van der Waals surface area (Å²) < 4.78 is 5.18. The Labute approximate surface area is 276 Å². The van der Waals surface area contributed by atoms with Crippen LogP contribution in [0.1, 0.15) is 153 Å². The van der Waals surface area contributed by atoms with Gasteiger partial charge in [0.2, 0.25) is 0 Å². The molecule has 0 aliphatic heterocycles. The molecule has 0 radical (unpaired) electrons. The second kappa shape index (κ2) is 21.9.